The number of ether oxygens (including phenoxy) is 2. The highest BCUT2D eigenvalue weighted by atomic mass is 16.5. The molecule has 0 N–H and O–H groups in total. The Morgan fingerprint density at radius 1 is 1.36 bits per heavy atom. The summed E-state index contributed by atoms with van der Waals surface area (Å²) in [6.07, 6.45) is 1.52. The average Bonchev–Trinajstić information content (AvgIpc) is 2.54. The van der Waals surface area contributed by atoms with Crippen molar-refractivity contribution in [3.63, 3.8) is 0 Å². The zero-order chi connectivity index (χ0) is 8.69. The van der Waals surface area contributed by atoms with Crippen LogP contribution in [-0.2, 0) is 9.47 Å². The topological polar surface area (TPSA) is 18.5 Å². The Hall–Kier alpha value is -0.0800. The summed E-state index contributed by atoms with van der Waals surface area (Å²) < 4.78 is 10.4. The first-order valence-corrected chi connectivity index (χ1v) is 4.49. The molecule has 1 heterocycles. The summed E-state index contributed by atoms with van der Waals surface area (Å²) in [4.78, 5) is 0. The van der Waals surface area contributed by atoms with Gasteiger partial charge < -0.3 is 9.47 Å². The molecular weight excluding hydrogens is 140 g/mol. The maximum atomic E-state index is 5.23. The van der Waals surface area contributed by atoms with Gasteiger partial charge >= 0.3 is 0 Å². The minimum atomic E-state index is 0.356. The van der Waals surface area contributed by atoms with Crippen molar-refractivity contribution in [2.24, 2.45) is 5.92 Å². The highest BCUT2D eigenvalue weighted by Crippen LogP contribution is 2.18. The Balaban J connectivity index is 0.000000461. The van der Waals surface area contributed by atoms with E-state index >= 15 is 0 Å². The van der Waals surface area contributed by atoms with Crippen LogP contribution in [0.3, 0.4) is 0 Å². The molecule has 1 saturated heterocycles. The Kier molecular flexibility index (Phi) is 6.57. The Morgan fingerprint density at radius 3 is 2.36 bits per heavy atom. The molecule has 2 heteroatoms. The lowest BCUT2D eigenvalue weighted by Gasteiger charge is -2.12. The van der Waals surface area contributed by atoms with E-state index in [1.54, 1.807) is 7.11 Å². The lowest BCUT2D eigenvalue weighted by Crippen LogP contribution is -2.19. The Morgan fingerprint density at radius 2 is 2.00 bits per heavy atom. The van der Waals surface area contributed by atoms with Gasteiger partial charge in [0.05, 0.1) is 19.3 Å². The van der Waals surface area contributed by atoms with E-state index in [0.29, 0.717) is 12.0 Å². The molecule has 0 aromatic carbocycles. The molecule has 0 aromatic rings. The SMILES string of the molecule is CC.CCC1COCC1OC. The molecule has 0 aromatic heterocycles. The molecule has 68 valence electrons. The highest BCUT2D eigenvalue weighted by Gasteiger charge is 2.25. The lowest BCUT2D eigenvalue weighted by atomic mass is 10.0. The molecule has 1 aliphatic heterocycles. The Labute approximate surface area is 69.9 Å². The first-order valence-electron chi connectivity index (χ1n) is 4.49. The van der Waals surface area contributed by atoms with Gasteiger partial charge in [-0.2, -0.15) is 0 Å². The van der Waals surface area contributed by atoms with Gasteiger partial charge in [-0.1, -0.05) is 20.8 Å². The summed E-state index contributed by atoms with van der Waals surface area (Å²) in [5.41, 5.74) is 0. The molecule has 0 spiro atoms. The molecule has 1 aliphatic rings. The number of rotatable bonds is 2. The monoisotopic (exact) mass is 160 g/mol. The van der Waals surface area contributed by atoms with Gasteiger partial charge in [0.1, 0.15) is 0 Å². The molecule has 2 atom stereocenters. The summed E-state index contributed by atoms with van der Waals surface area (Å²) in [6, 6.07) is 0. The van der Waals surface area contributed by atoms with E-state index in [-0.39, 0.29) is 0 Å². The normalized spacial score (nSPS) is 29.5. The van der Waals surface area contributed by atoms with Crippen molar-refractivity contribution in [1.82, 2.24) is 0 Å². The maximum Gasteiger partial charge on any atom is 0.0854 e. The predicted octanol–water partition coefficient (Wildman–Crippen LogP) is 2.08. The van der Waals surface area contributed by atoms with Crippen molar-refractivity contribution >= 4 is 0 Å². The first kappa shape index (κ1) is 10.9. The molecular formula is C9H20O2. The fourth-order valence-electron chi connectivity index (χ4n) is 1.22. The summed E-state index contributed by atoms with van der Waals surface area (Å²) in [7, 11) is 1.75. The van der Waals surface area contributed by atoms with E-state index in [1.165, 1.54) is 6.42 Å². The van der Waals surface area contributed by atoms with E-state index in [2.05, 4.69) is 6.92 Å². The van der Waals surface area contributed by atoms with Crippen molar-refractivity contribution < 1.29 is 9.47 Å². The third-order valence-electron chi connectivity index (χ3n) is 1.97. The van der Waals surface area contributed by atoms with Crippen molar-refractivity contribution in [1.29, 1.82) is 0 Å². The molecule has 11 heavy (non-hydrogen) atoms. The van der Waals surface area contributed by atoms with Crippen LogP contribution in [0, 0.1) is 5.92 Å². The van der Waals surface area contributed by atoms with Crippen LogP contribution in [0.1, 0.15) is 27.2 Å². The second-order valence-electron chi connectivity index (χ2n) is 2.48. The van der Waals surface area contributed by atoms with Gasteiger partial charge in [0.25, 0.3) is 0 Å². The summed E-state index contributed by atoms with van der Waals surface area (Å²) in [5, 5.41) is 0. The third kappa shape index (κ3) is 3.21. The minimum absolute atomic E-state index is 0.356. The van der Waals surface area contributed by atoms with Crippen molar-refractivity contribution in [2.45, 2.75) is 33.3 Å². The van der Waals surface area contributed by atoms with Crippen LogP contribution in [0.2, 0.25) is 0 Å². The largest absolute Gasteiger partial charge is 0.379 e. The Bertz CT molecular complexity index is 73.6. The van der Waals surface area contributed by atoms with Gasteiger partial charge in [-0.25, -0.2) is 0 Å². The van der Waals surface area contributed by atoms with Gasteiger partial charge in [-0.15, -0.1) is 0 Å². The zero-order valence-electron chi connectivity index (χ0n) is 8.09. The van der Waals surface area contributed by atoms with E-state index < -0.39 is 0 Å². The molecule has 0 saturated carbocycles. The van der Waals surface area contributed by atoms with Gasteiger partial charge in [0.15, 0.2) is 0 Å². The highest BCUT2D eigenvalue weighted by molar-refractivity contribution is 4.73. The van der Waals surface area contributed by atoms with Crippen LogP contribution in [0.25, 0.3) is 0 Å². The van der Waals surface area contributed by atoms with E-state index in [9.17, 15) is 0 Å². The predicted molar refractivity (Wildman–Crippen MR) is 46.7 cm³/mol. The number of methoxy groups -OCH3 is 1. The van der Waals surface area contributed by atoms with Crippen LogP contribution in [0.15, 0.2) is 0 Å². The molecule has 1 rings (SSSR count). The molecule has 1 fully saturated rings. The second-order valence-corrected chi connectivity index (χ2v) is 2.48. The third-order valence-corrected chi connectivity index (χ3v) is 1.97. The zero-order valence-corrected chi connectivity index (χ0v) is 8.09. The molecule has 0 aliphatic carbocycles. The quantitative estimate of drug-likeness (QED) is 0.615. The fraction of sp³-hybridized carbons (Fsp3) is 1.00. The summed E-state index contributed by atoms with van der Waals surface area (Å²) >= 11 is 0. The van der Waals surface area contributed by atoms with Crippen molar-refractivity contribution in [3.05, 3.63) is 0 Å². The summed E-state index contributed by atoms with van der Waals surface area (Å²) in [5.74, 6) is 0.634. The maximum absolute atomic E-state index is 5.23. The van der Waals surface area contributed by atoms with Crippen LogP contribution in [0.4, 0.5) is 0 Å². The van der Waals surface area contributed by atoms with E-state index in [4.69, 9.17) is 9.47 Å². The molecule has 2 unspecified atom stereocenters. The van der Waals surface area contributed by atoms with Crippen molar-refractivity contribution in [3.8, 4) is 0 Å². The van der Waals surface area contributed by atoms with Gasteiger partial charge in [0.2, 0.25) is 0 Å². The standard InChI is InChI=1S/C7H14O2.C2H6/c1-3-6-4-9-5-7(6)8-2;1-2/h6-7H,3-5H2,1-2H3;1-2H3. The number of hydrogen-bond acceptors (Lipinski definition) is 2. The first-order chi connectivity index (χ1) is 5.38. The molecule has 0 bridgehead atoms. The second kappa shape index (κ2) is 6.62. The van der Waals surface area contributed by atoms with E-state index in [1.807, 2.05) is 13.8 Å². The number of hydrogen-bond donors (Lipinski definition) is 0. The lowest BCUT2D eigenvalue weighted by molar-refractivity contribution is 0.0659. The molecule has 2 nitrogen and oxygen atoms in total. The van der Waals surface area contributed by atoms with Crippen molar-refractivity contribution in [2.75, 3.05) is 20.3 Å². The van der Waals surface area contributed by atoms with Crippen LogP contribution in [0.5, 0.6) is 0 Å². The average molecular weight is 160 g/mol. The van der Waals surface area contributed by atoms with E-state index in [0.717, 1.165) is 13.2 Å². The van der Waals surface area contributed by atoms with Crippen LogP contribution in [-0.4, -0.2) is 26.4 Å². The molecule has 0 radical (unpaired) electrons. The van der Waals surface area contributed by atoms with Gasteiger partial charge in [-0.3, -0.25) is 0 Å². The minimum Gasteiger partial charge on any atom is -0.379 e. The fourth-order valence-corrected chi connectivity index (χ4v) is 1.22. The van der Waals surface area contributed by atoms with Crippen LogP contribution < -0.4 is 0 Å². The smallest absolute Gasteiger partial charge is 0.0854 e. The van der Waals surface area contributed by atoms with Gasteiger partial charge in [-0.05, 0) is 6.42 Å². The molecule has 0 amide bonds. The van der Waals surface area contributed by atoms with Crippen LogP contribution >= 0.6 is 0 Å². The summed E-state index contributed by atoms with van der Waals surface area (Å²) in [6.45, 7) is 7.84. The van der Waals surface area contributed by atoms with Gasteiger partial charge in [0, 0.05) is 13.0 Å².